The molecule has 0 aliphatic heterocycles. The maximum atomic E-state index is 12.0. The Morgan fingerprint density at radius 2 is 1.80 bits per heavy atom. The monoisotopic (exact) mass is 274 g/mol. The van der Waals surface area contributed by atoms with Crippen LogP contribution in [-0.4, -0.2) is 25.0 Å². The van der Waals surface area contributed by atoms with Crippen molar-refractivity contribution >= 4 is 5.91 Å². The average molecular weight is 274 g/mol. The minimum atomic E-state index is 0.0331. The predicted molar refractivity (Wildman–Crippen MR) is 83.0 cm³/mol. The SMILES string of the molecule is Cc1ccccc1C(=O)NCCNC1CCCCCC1. The van der Waals surface area contributed by atoms with Crippen LogP contribution in [0.4, 0.5) is 0 Å². The van der Waals surface area contributed by atoms with Crippen molar-refractivity contribution in [2.45, 2.75) is 51.5 Å². The maximum absolute atomic E-state index is 12.0. The van der Waals surface area contributed by atoms with Crippen molar-refractivity contribution in [2.24, 2.45) is 0 Å². The zero-order valence-corrected chi connectivity index (χ0v) is 12.5. The summed E-state index contributed by atoms with van der Waals surface area (Å²) in [6.07, 6.45) is 8.00. The first-order valence-corrected chi connectivity index (χ1v) is 7.84. The number of nitrogens with one attached hydrogen (secondary N) is 2. The van der Waals surface area contributed by atoms with Gasteiger partial charge in [-0.05, 0) is 31.4 Å². The van der Waals surface area contributed by atoms with Gasteiger partial charge in [-0.15, -0.1) is 0 Å². The molecule has 0 aromatic heterocycles. The fourth-order valence-corrected chi connectivity index (χ4v) is 2.86. The fourth-order valence-electron chi connectivity index (χ4n) is 2.86. The predicted octanol–water partition coefficient (Wildman–Crippen LogP) is 3.04. The Bertz CT molecular complexity index is 423. The van der Waals surface area contributed by atoms with Gasteiger partial charge in [-0.1, -0.05) is 43.9 Å². The molecule has 1 aliphatic carbocycles. The Morgan fingerprint density at radius 3 is 2.50 bits per heavy atom. The van der Waals surface area contributed by atoms with Crippen molar-refractivity contribution in [3.8, 4) is 0 Å². The summed E-state index contributed by atoms with van der Waals surface area (Å²) in [5, 5.41) is 6.56. The quantitative estimate of drug-likeness (QED) is 0.640. The zero-order valence-electron chi connectivity index (χ0n) is 12.5. The van der Waals surface area contributed by atoms with Crippen LogP contribution < -0.4 is 10.6 Å². The third-order valence-corrected chi connectivity index (χ3v) is 4.09. The molecule has 3 nitrogen and oxygen atoms in total. The van der Waals surface area contributed by atoms with Gasteiger partial charge in [0.1, 0.15) is 0 Å². The molecule has 1 aromatic rings. The molecule has 0 atom stereocenters. The topological polar surface area (TPSA) is 41.1 Å². The molecule has 110 valence electrons. The Balaban J connectivity index is 1.68. The van der Waals surface area contributed by atoms with E-state index in [1.807, 2.05) is 31.2 Å². The van der Waals surface area contributed by atoms with Crippen molar-refractivity contribution in [2.75, 3.05) is 13.1 Å². The van der Waals surface area contributed by atoms with Gasteiger partial charge < -0.3 is 10.6 Å². The molecule has 0 heterocycles. The number of aryl methyl sites for hydroxylation is 1. The Kier molecular flexibility index (Phi) is 6.06. The molecule has 0 saturated heterocycles. The maximum Gasteiger partial charge on any atom is 0.251 e. The first kappa shape index (κ1) is 15.0. The van der Waals surface area contributed by atoms with E-state index in [2.05, 4.69) is 10.6 Å². The molecule has 1 aromatic carbocycles. The smallest absolute Gasteiger partial charge is 0.251 e. The molecule has 0 radical (unpaired) electrons. The van der Waals surface area contributed by atoms with Crippen LogP contribution in [0.3, 0.4) is 0 Å². The van der Waals surface area contributed by atoms with Crippen LogP contribution in [0.5, 0.6) is 0 Å². The lowest BCUT2D eigenvalue weighted by molar-refractivity contribution is 0.0953. The largest absolute Gasteiger partial charge is 0.351 e. The van der Waals surface area contributed by atoms with Crippen molar-refractivity contribution < 1.29 is 4.79 Å². The lowest BCUT2D eigenvalue weighted by atomic mass is 10.1. The summed E-state index contributed by atoms with van der Waals surface area (Å²) in [6, 6.07) is 8.36. The van der Waals surface area contributed by atoms with E-state index in [0.717, 1.165) is 17.7 Å². The summed E-state index contributed by atoms with van der Waals surface area (Å²) < 4.78 is 0. The second-order valence-electron chi connectivity index (χ2n) is 5.71. The molecule has 0 bridgehead atoms. The van der Waals surface area contributed by atoms with E-state index in [1.165, 1.54) is 38.5 Å². The first-order chi connectivity index (χ1) is 9.77. The van der Waals surface area contributed by atoms with E-state index in [0.29, 0.717) is 12.6 Å². The molecule has 1 amide bonds. The van der Waals surface area contributed by atoms with Gasteiger partial charge in [0.2, 0.25) is 0 Å². The molecule has 0 spiro atoms. The van der Waals surface area contributed by atoms with Gasteiger partial charge in [0, 0.05) is 24.7 Å². The van der Waals surface area contributed by atoms with Crippen LogP contribution in [-0.2, 0) is 0 Å². The van der Waals surface area contributed by atoms with E-state index < -0.39 is 0 Å². The second kappa shape index (κ2) is 8.05. The van der Waals surface area contributed by atoms with Gasteiger partial charge in [0.25, 0.3) is 5.91 Å². The summed E-state index contributed by atoms with van der Waals surface area (Å²) in [6.45, 7) is 3.53. The summed E-state index contributed by atoms with van der Waals surface area (Å²) >= 11 is 0. The standard InChI is InChI=1S/C17H26N2O/c1-14-8-6-7-11-16(14)17(20)19-13-12-18-15-9-4-2-3-5-10-15/h6-8,11,15,18H,2-5,9-10,12-13H2,1H3,(H,19,20). The molecule has 20 heavy (non-hydrogen) atoms. The number of hydrogen-bond acceptors (Lipinski definition) is 2. The molecule has 1 fully saturated rings. The number of amides is 1. The molecule has 3 heteroatoms. The summed E-state index contributed by atoms with van der Waals surface area (Å²) in [4.78, 5) is 12.0. The normalized spacial score (nSPS) is 16.6. The van der Waals surface area contributed by atoms with Crippen molar-refractivity contribution in [3.63, 3.8) is 0 Å². The summed E-state index contributed by atoms with van der Waals surface area (Å²) in [5.74, 6) is 0.0331. The number of carbonyl (C=O) groups is 1. The van der Waals surface area contributed by atoms with Crippen molar-refractivity contribution in [1.82, 2.24) is 10.6 Å². The van der Waals surface area contributed by atoms with Gasteiger partial charge in [-0.3, -0.25) is 4.79 Å². The van der Waals surface area contributed by atoms with E-state index in [1.54, 1.807) is 0 Å². The van der Waals surface area contributed by atoms with E-state index in [-0.39, 0.29) is 5.91 Å². The molecular formula is C17H26N2O. The van der Waals surface area contributed by atoms with Crippen LogP contribution in [0.15, 0.2) is 24.3 Å². The highest BCUT2D eigenvalue weighted by atomic mass is 16.1. The van der Waals surface area contributed by atoms with Gasteiger partial charge in [0.15, 0.2) is 0 Å². The number of carbonyl (C=O) groups excluding carboxylic acids is 1. The summed E-state index contributed by atoms with van der Waals surface area (Å²) in [5.41, 5.74) is 1.81. The molecule has 2 N–H and O–H groups in total. The van der Waals surface area contributed by atoms with Gasteiger partial charge >= 0.3 is 0 Å². The van der Waals surface area contributed by atoms with Gasteiger partial charge in [-0.25, -0.2) is 0 Å². The highest BCUT2D eigenvalue weighted by Crippen LogP contribution is 2.16. The minimum absolute atomic E-state index is 0.0331. The van der Waals surface area contributed by atoms with Crippen LogP contribution in [0.1, 0.15) is 54.4 Å². The Morgan fingerprint density at radius 1 is 1.10 bits per heavy atom. The molecule has 1 aliphatic rings. The molecule has 1 saturated carbocycles. The highest BCUT2D eigenvalue weighted by Gasteiger charge is 2.11. The van der Waals surface area contributed by atoms with Gasteiger partial charge in [-0.2, -0.15) is 0 Å². The fraction of sp³-hybridized carbons (Fsp3) is 0.588. The van der Waals surface area contributed by atoms with Crippen molar-refractivity contribution in [3.05, 3.63) is 35.4 Å². The Hall–Kier alpha value is -1.35. The number of rotatable bonds is 5. The molecule has 2 rings (SSSR count). The van der Waals surface area contributed by atoms with E-state index >= 15 is 0 Å². The third-order valence-electron chi connectivity index (χ3n) is 4.09. The second-order valence-corrected chi connectivity index (χ2v) is 5.71. The lowest BCUT2D eigenvalue weighted by Gasteiger charge is -2.16. The average Bonchev–Trinajstić information content (AvgIpc) is 2.72. The van der Waals surface area contributed by atoms with E-state index in [9.17, 15) is 4.79 Å². The number of hydrogen-bond donors (Lipinski definition) is 2. The first-order valence-electron chi connectivity index (χ1n) is 7.84. The highest BCUT2D eigenvalue weighted by molar-refractivity contribution is 5.95. The minimum Gasteiger partial charge on any atom is -0.351 e. The van der Waals surface area contributed by atoms with Gasteiger partial charge in [0.05, 0.1) is 0 Å². The van der Waals surface area contributed by atoms with E-state index in [4.69, 9.17) is 0 Å². The van der Waals surface area contributed by atoms with Crippen molar-refractivity contribution in [1.29, 1.82) is 0 Å². The van der Waals surface area contributed by atoms with Crippen LogP contribution in [0, 0.1) is 6.92 Å². The number of benzene rings is 1. The van der Waals surface area contributed by atoms with Crippen LogP contribution in [0.2, 0.25) is 0 Å². The third kappa shape index (κ3) is 4.64. The Labute approximate surface area is 122 Å². The van der Waals surface area contributed by atoms with Crippen LogP contribution >= 0.6 is 0 Å². The summed E-state index contributed by atoms with van der Waals surface area (Å²) in [7, 11) is 0. The zero-order chi connectivity index (χ0) is 14.2. The lowest BCUT2D eigenvalue weighted by Crippen LogP contribution is -2.37. The molecular weight excluding hydrogens is 248 g/mol. The van der Waals surface area contributed by atoms with Crippen LogP contribution in [0.25, 0.3) is 0 Å². The molecule has 0 unspecified atom stereocenters.